The molecule has 0 aromatic heterocycles. The van der Waals surface area contributed by atoms with E-state index in [-0.39, 0.29) is 5.97 Å². The summed E-state index contributed by atoms with van der Waals surface area (Å²) in [5.74, 6) is -0.0935. The summed E-state index contributed by atoms with van der Waals surface area (Å²) in [6.45, 7) is 0. The zero-order valence-corrected chi connectivity index (χ0v) is 10.5. The molecule has 1 fully saturated rings. The number of hydrogen-bond acceptors (Lipinski definition) is 2. The second kappa shape index (κ2) is 4.13. The molecular formula is C16H16O2. The van der Waals surface area contributed by atoms with Gasteiger partial charge in [0.15, 0.2) is 0 Å². The lowest BCUT2D eigenvalue weighted by Crippen LogP contribution is -2.43. The van der Waals surface area contributed by atoms with Crippen LogP contribution < -0.4 is 0 Å². The van der Waals surface area contributed by atoms with Crippen molar-refractivity contribution >= 4 is 16.7 Å². The quantitative estimate of drug-likeness (QED) is 0.752. The second-order valence-corrected chi connectivity index (χ2v) is 4.99. The molecule has 2 nitrogen and oxygen atoms in total. The highest BCUT2D eigenvalue weighted by atomic mass is 16.5. The Kier molecular flexibility index (Phi) is 2.58. The van der Waals surface area contributed by atoms with E-state index in [4.69, 9.17) is 4.74 Å². The number of hydrogen-bond donors (Lipinski definition) is 0. The van der Waals surface area contributed by atoms with Gasteiger partial charge in [0.2, 0.25) is 0 Å². The highest BCUT2D eigenvalue weighted by Crippen LogP contribution is 2.45. The van der Waals surface area contributed by atoms with Gasteiger partial charge in [-0.05, 0) is 29.2 Å². The van der Waals surface area contributed by atoms with Gasteiger partial charge in [0.1, 0.15) is 0 Å². The van der Waals surface area contributed by atoms with Crippen molar-refractivity contribution < 1.29 is 9.53 Å². The van der Waals surface area contributed by atoms with Crippen LogP contribution in [0.5, 0.6) is 0 Å². The molecule has 0 saturated heterocycles. The van der Waals surface area contributed by atoms with Crippen molar-refractivity contribution in [3.05, 3.63) is 48.0 Å². The van der Waals surface area contributed by atoms with Gasteiger partial charge in [-0.3, -0.25) is 4.79 Å². The molecule has 0 N–H and O–H groups in total. The van der Waals surface area contributed by atoms with E-state index in [1.54, 1.807) is 0 Å². The van der Waals surface area contributed by atoms with E-state index in [0.29, 0.717) is 0 Å². The first-order valence-electron chi connectivity index (χ1n) is 6.34. The molecule has 0 radical (unpaired) electrons. The number of carbonyl (C=O) groups excluding carboxylic acids is 1. The Morgan fingerprint density at radius 3 is 2.44 bits per heavy atom. The Morgan fingerprint density at radius 2 is 1.83 bits per heavy atom. The fourth-order valence-electron chi connectivity index (χ4n) is 2.82. The third-order valence-electron chi connectivity index (χ3n) is 4.09. The van der Waals surface area contributed by atoms with Gasteiger partial charge in [0, 0.05) is 0 Å². The number of rotatable bonds is 2. The van der Waals surface area contributed by atoms with E-state index in [0.717, 1.165) is 24.8 Å². The van der Waals surface area contributed by atoms with Crippen LogP contribution >= 0.6 is 0 Å². The summed E-state index contributed by atoms with van der Waals surface area (Å²) in [5.41, 5.74) is 0.706. The molecule has 0 heterocycles. The molecule has 0 atom stereocenters. The summed E-state index contributed by atoms with van der Waals surface area (Å²) in [5, 5.41) is 2.39. The standard InChI is InChI=1S/C16H16O2/c1-18-15(17)16(9-4-10-16)14-8-7-12-5-2-3-6-13(12)11-14/h2-3,5-8,11H,4,9-10H2,1H3. The summed E-state index contributed by atoms with van der Waals surface area (Å²) >= 11 is 0. The van der Waals surface area contributed by atoms with Crippen molar-refractivity contribution in [3.8, 4) is 0 Å². The van der Waals surface area contributed by atoms with Crippen LogP contribution in [0.1, 0.15) is 24.8 Å². The molecule has 0 amide bonds. The summed E-state index contributed by atoms with van der Waals surface area (Å²) < 4.78 is 4.99. The van der Waals surface area contributed by atoms with E-state index in [1.165, 1.54) is 17.9 Å². The van der Waals surface area contributed by atoms with Crippen molar-refractivity contribution in [1.29, 1.82) is 0 Å². The molecule has 92 valence electrons. The Morgan fingerprint density at radius 1 is 1.11 bits per heavy atom. The number of fused-ring (bicyclic) bond motifs is 1. The zero-order chi connectivity index (χ0) is 12.6. The normalized spacial score (nSPS) is 17.2. The van der Waals surface area contributed by atoms with Crippen LogP contribution in [0.25, 0.3) is 10.8 Å². The van der Waals surface area contributed by atoms with E-state index in [2.05, 4.69) is 30.3 Å². The lowest BCUT2D eigenvalue weighted by molar-refractivity contribution is -0.151. The van der Waals surface area contributed by atoms with E-state index in [1.807, 2.05) is 12.1 Å². The number of methoxy groups -OCH3 is 1. The zero-order valence-electron chi connectivity index (χ0n) is 10.5. The van der Waals surface area contributed by atoms with Gasteiger partial charge in [-0.25, -0.2) is 0 Å². The molecule has 2 heteroatoms. The number of ether oxygens (including phenoxy) is 1. The molecule has 3 rings (SSSR count). The molecule has 2 aromatic carbocycles. The van der Waals surface area contributed by atoms with Crippen LogP contribution in [0.2, 0.25) is 0 Å². The lowest BCUT2D eigenvalue weighted by Gasteiger charge is -2.39. The van der Waals surface area contributed by atoms with Crippen LogP contribution in [-0.2, 0) is 14.9 Å². The first kappa shape index (κ1) is 11.3. The topological polar surface area (TPSA) is 26.3 Å². The molecule has 1 aliphatic carbocycles. The van der Waals surface area contributed by atoms with Gasteiger partial charge < -0.3 is 4.74 Å². The SMILES string of the molecule is COC(=O)C1(c2ccc3ccccc3c2)CCC1. The Labute approximate surface area is 107 Å². The monoisotopic (exact) mass is 240 g/mol. The Bertz CT molecular complexity index is 597. The number of esters is 1. The molecule has 0 spiro atoms. The molecule has 2 aromatic rings. The maximum absolute atomic E-state index is 12.0. The second-order valence-electron chi connectivity index (χ2n) is 4.99. The van der Waals surface area contributed by atoms with Crippen LogP contribution in [0.15, 0.2) is 42.5 Å². The van der Waals surface area contributed by atoms with Gasteiger partial charge in [0.05, 0.1) is 12.5 Å². The minimum atomic E-state index is -0.390. The molecule has 0 unspecified atom stereocenters. The summed E-state index contributed by atoms with van der Waals surface area (Å²) in [6, 6.07) is 14.5. The van der Waals surface area contributed by atoms with Crippen LogP contribution in [0, 0.1) is 0 Å². The molecule has 0 aliphatic heterocycles. The van der Waals surface area contributed by atoms with E-state index >= 15 is 0 Å². The smallest absolute Gasteiger partial charge is 0.316 e. The molecular weight excluding hydrogens is 224 g/mol. The van der Waals surface area contributed by atoms with Crippen molar-refractivity contribution in [2.24, 2.45) is 0 Å². The third kappa shape index (κ3) is 1.52. The maximum Gasteiger partial charge on any atom is 0.316 e. The Balaban J connectivity index is 2.10. The predicted molar refractivity (Wildman–Crippen MR) is 71.5 cm³/mol. The van der Waals surface area contributed by atoms with E-state index < -0.39 is 5.41 Å². The highest BCUT2D eigenvalue weighted by Gasteiger charge is 2.46. The highest BCUT2D eigenvalue weighted by molar-refractivity contribution is 5.88. The molecule has 18 heavy (non-hydrogen) atoms. The lowest BCUT2D eigenvalue weighted by atomic mass is 9.64. The Hall–Kier alpha value is -1.83. The van der Waals surface area contributed by atoms with Gasteiger partial charge >= 0.3 is 5.97 Å². The first-order valence-corrected chi connectivity index (χ1v) is 6.34. The van der Waals surface area contributed by atoms with Crippen molar-refractivity contribution in [2.75, 3.05) is 7.11 Å². The van der Waals surface area contributed by atoms with Crippen LogP contribution in [0.3, 0.4) is 0 Å². The molecule has 1 aliphatic rings. The van der Waals surface area contributed by atoms with Crippen molar-refractivity contribution in [1.82, 2.24) is 0 Å². The van der Waals surface area contributed by atoms with Crippen LogP contribution in [-0.4, -0.2) is 13.1 Å². The van der Waals surface area contributed by atoms with E-state index in [9.17, 15) is 4.79 Å². The maximum atomic E-state index is 12.0. The van der Waals surface area contributed by atoms with Gasteiger partial charge in [-0.1, -0.05) is 48.9 Å². The molecule has 0 bridgehead atoms. The van der Waals surface area contributed by atoms with Gasteiger partial charge in [-0.2, -0.15) is 0 Å². The number of carbonyl (C=O) groups is 1. The molecule has 1 saturated carbocycles. The fourth-order valence-corrected chi connectivity index (χ4v) is 2.82. The van der Waals surface area contributed by atoms with Crippen LogP contribution in [0.4, 0.5) is 0 Å². The number of benzene rings is 2. The van der Waals surface area contributed by atoms with Gasteiger partial charge in [0.25, 0.3) is 0 Å². The van der Waals surface area contributed by atoms with Crippen molar-refractivity contribution in [3.63, 3.8) is 0 Å². The predicted octanol–water partition coefficient (Wildman–Crippen LogP) is 3.43. The summed E-state index contributed by atoms with van der Waals surface area (Å²) in [7, 11) is 1.48. The summed E-state index contributed by atoms with van der Waals surface area (Å²) in [6.07, 6.45) is 2.90. The average molecular weight is 240 g/mol. The third-order valence-corrected chi connectivity index (χ3v) is 4.09. The minimum absolute atomic E-state index is 0.0935. The average Bonchev–Trinajstić information content (AvgIpc) is 2.37. The first-order chi connectivity index (χ1) is 8.76. The largest absolute Gasteiger partial charge is 0.468 e. The van der Waals surface area contributed by atoms with Crippen molar-refractivity contribution in [2.45, 2.75) is 24.7 Å². The minimum Gasteiger partial charge on any atom is -0.468 e. The van der Waals surface area contributed by atoms with Gasteiger partial charge in [-0.15, -0.1) is 0 Å². The fraction of sp³-hybridized carbons (Fsp3) is 0.312. The summed E-state index contributed by atoms with van der Waals surface area (Å²) in [4.78, 5) is 12.0.